The van der Waals surface area contributed by atoms with Crippen LogP contribution in [-0.2, 0) is 9.53 Å². The number of carbonyl (C=O) groups is 1. The molecule has 2 nitrogen and oxygen atoms in total. The number of carbonyl (C=O) groups excluding carboxylic acids is 1. The first kappa shape index (κ1) is 17.5. The lowest BCUT2D eigenvalue weighted by atomic mass is 9.64. The summed E-state index contributed by atoms with van der Waals surface area (Å²) in [5.74, 6) is 0.183. The van der Waals surface area contributed by atoms with Crippen LogP contribution in [0.5, 0.6) is 0 Å². The van der Waals surface area contributed by atoms with Gasteiger partial charge in [-0.15, -0.1) is 0 Å². The van der Waals surface area contributed by atoms with Crippen molar-refractivity contribution in [1.82, 2.24) is 0 Å². The van der Waals surface area contributed by atoms with E-state index >= 15 is 0 Å². The van der Waals surface area contributed by atoms with E-state index in [1.165, 1.54) is 12.5 Å². The second-order valence-corrected chi connectivity index (χ2v) is 7.79. The van der Waals surface area contributed by atoms with Gasteiger partial charge in [0.1, 0.15) is 5.60 Å². The van der Waals surface area contributed by atoms with Gasteiger partial charge in [0.05, 0.1) is 0 Å². The average molecular weight is 343 g/mol. The molecule has 3 atom stereocenters. The third kappa shape index (κ3) is 3.97. The molecule has 3 heteroatoms. The number of hydrogen-bond acceptors (Lipinski definition) is 2. The summed E-state index contributed by atoms with van der Waals surface area (Å²) in [5, 5.41) is 0. The maximum Gasteiger partial charge on any atom is 0.303 e. The number of alkyl halides is 1. The fraction of sp³-hybridized carbons (Fsp3) is 0.706. The Kier molecular flexibility index (Phi) is 5.65. The molecule has 1 fully saturated rings. The van der Waals surface area contributed by atoms with Crippen molar-refractivity contribution in [3.63, 3.8) is 0 Å². The molecule has 1 unspecified atom stereocenters. The number of esters is 1. The number of allylic oxidation sites excluding steroid dienone is 1. The van der Waals surface area contributed by atoms with Crippen LogP contribution in [0.25, 0.3) is 0 Å². The SMILES string of the molecule is C=CC(C)(CC[C@@H]1C(=C)CC[C@@H](Br)C1(C)C)OC(C)=O. The summed E-state index contributed by atoms with van der Waals surface area (Å²) in [4.78, 5) is 11.7. The molecule has 0 radical (unpaired) electrons. The molecule has 0 saturated heterocycles. The number of ether oxygens (including phenoxy) is 1. The van der Waals surface area contributed by atoms with Gasteiger partial charge in [-0.2, -0.15) is 0 Å². The zero-order valence-electron chi connectivity index (χ0n) is 13.2. The third-order valence-corrected chi connectivity index (χ3v) is 6.29. The zero-order chi connectivity index (χ0) is 15.6. The molecule has 0 amide bonds. The predicted molar refractivity (Wildman–Crippen MR) is 88.0 cm³/mol. The van der Waals surface area contributed by atoms with E-state index in [1.54, 1.807) is 6.08 Å². The van der Waals surface area contributed by atoms with Crippen LogP contribution >= 0.6 is 15.9 Å². The van der Waals surface area contributed by atoms with Crippen molar-refractivity contribution in [3.8, 4) is 0 Å². The average Bonchev–Trinajstić information content (AvgIpc) is 2.33. The quantitative estimate of drug-likeness (QED) is 0.398. The van der Waals surface area contributed by atoms with Crippen molar-refractivity contribution in [3.05, 3.63) is 24.8 Å². The van der Waals surface area contributed by atoms with Gasteiger partial charge in [-0.1, -0.05) is 48.5 Å². The van der Waals surface area contributed by atoms with Crippen LogP contribution in [0.15, 0.2) is 24.8 Å². The summed E-state index contributed by atoms with van der Waals surface area (Å²) in [6.07, 6.45) is 5.69. The van der Waals surface area contributed by atoms with Gasteiger partial charge in [0.15, 0.2) is 0 Å². The fourth-order valence-corrected chi connectivity index (χ4v) is 3.68. The Morgan fingerprint density at radius 1 is 1.60 bits per heavy atom. The van der Waals surface area contributed by atoms with Crippen molar-refractivity contribution in [2.45, 2.75) is 63.8 Å². The van der Waals surface area contributed by atoms with Crippen LogP contribution in [0, 0.1) is 11.3 Å². The molecule has 0 aromatic rings. The molecule has 0 N–H and O–H groups in total. The standard InChI is InChI=1S/C17H27BrO2/c1-7-17(6,20-13(3)19)11-10-14-12(2)8-9-15(18)16(14,4)5/h7,14-15H,1-2,8-11H2,3-6H3/t14-,15-,17?/m1/s1. The maximum atomic E-state index is 11.2. The molecule has 1 aliphatic carbocycles. The Bertz CT molecular complexity index is 400. The highest BCUT2D eigenvalue weighted by molar-refractivity contribution is 9.09. The lowest BCUT2D eigenvalue weighted by Crippen LogP contribution is -2.39. The van der Waals surface area contributed by atoms with Crippen molar-refractivity contribution in [2.75, 3.05) is 0 Å². The largest absolute Gasteiger partial charge is 0.455 e. The lowest BCUT2D eigenvalue weighted by molar-refractivity contribution is -0.151. The molecule has 114 valence electrons. The van der Waals surface area contributed by atoms with Crippen molar-refractivity contribution >= 4 is 21.9 Å². The van der Waals surface area contributed by atoms with E-state index in [4.69, 9.17) is 4.74 Å². The highest BCUT2D eigenvalue weighted by atomic mass is 79.9. The molecule has 0 bridgehead atoms. The summed E-state index contributed by atoms with van der Waals surface area (Å²) in [7, 11) is 0. The van der Waals surface area contributed by atoms with Crippen molar-refractivity contribution in [1.29, 1.82) is 0 Å². The van der Waals surface area contributed by atoms with E-state index in [0.717, 1.165) is 25.7 Å². The second kappa shape index (κ2) is 6.46. The van der Waals surface area contributed by atoms with Crippen LogP contribution < -0.4 is 0 Å². The smallest absolute Gasteiger partial charge is 0.303 e. The number of rotatable bonds is 5. The molecule has 0 aliphatic heterocycles. The Morgan fingerprint density at radius 3 is 2.70 bits per heavy atom. The molecule has 1 saturated carbocycles. The van der Waals surface area contributed by atoms with Gasteiger partial charge in [0.25, 0.3) is 0 Å². The Morgan fingerprint density at radius 2 is 2.20 bits per heavy atom. The highest BCUT2D eigenvalue weighted by Gasteiger charge is 2.41. The molecule has 0 spiro atoms. The summed E-state index contributed by atoms with van der Waals surface area (Å²) in [6.45, 7) is 16.0. The molecule has 1 rings (SSSR count). The van der Waals surface area contributed by atoms with Crippen LogP contribution in [0.4, 0.5) is 0 Å². The fourth-order valence-electron chi connectivity index (χ4n) is 3.13. The minimum Gasteiger partial charge on any atom is -0.455 e. The van der Waals surface area contributed by atoms with Gasteiger partial charge in [0, 0.05) is 11.8 Å². The summed E-state index contributed by atoms with van der Waals surface area (Å²) >= 11 is 3.81. The highest BCUT2D eigenvalue weighted by Crippen LogP contribution is 2.49. The minimum atomic E-state index is -0.582. The Balaban J connectivity index is 2.77. The summed E-state index contributed by atoms with van der Waals surface area (Å²) in [6, 6.07) is 0. The molecule has 0 aromatic carbocycles. The first-order valence-electron chi connectivity index (χ1n) is 7.27. The van der Waals surface area contributed by atoms with Gasteiger partial charge >= 0.3 is 5.97 Å². The van der Waals surface area contributed by atoms with E-state index in [2.05, 4.69) is 42.9 Å². The lowest BCUT2D eigenvalue weighted by Gasteiger charge is -2.45. The maximum absolute atomic E-state index is 11.2. The topological polar surface area (TPSA) is 26.3 Å². The Labute approximate surface area is 131 Å². The summed E-state index contributed by atoms with van der Waals surface area (Å²) < 4.78 is 5.41. The van der Waals surface area contributed by atoms with Crippen LogP contribution in [0.3, 0.4) is 0 Å². The van der Waals surface area contributed by atoms with E-state index < -0.39 is 5.60 Å². The summed E-state index contributed by atoms with van der Waals surface area (Å²) in [5.41, 5.74) is 0.912. The molecule has 1 aliphatic rings. The van der Waals surface area contributed by atoms with E-state index in [0.29, 0.717) is 10.7 Å². The van der Waals surface area contributed by atoms with Gasteiger partial charge in [-0.25, -0.2) is 0 Å². The first-order chi connectivity index (χ1) is 9.12. The Hall–Kier alpha value is -0.570. The van der Waals surface area contributed by atoms with Gasteiger partial charge in [-0.05, 0) is 50.0 Å². The first-order valence-corrected chi connectivity index (χ1v) is 8.19. The molecule has 0 aromatic heterocycles. The van der Waals surface area contributed by atoms with E-state index in [9.17, 15) is 4.79 Å². The van der Waals surface area contributed by atoms with Gasteiger partial charge < -0.3 is 4.74 Å². The van der Waals surface area contributed by atoms with Crippen molar-refractivity contribution in [2.24, 2.45) is 11.3 Å². The van der Waals surface area contributed by atoms with Gasteiger partial charge in [0.2, 0.25) is 0 Å². The van der Waals surface area contributed by atoms with Crippen LogP contribution in [0.2, 0.25) is 0 Å². The molecule has 0 heterocycles. The van der Waals surface area contributed by atoms with E-state index in [-0.39, 0.29) is 11.4 Å². The van der Waals surface area contributed by atoms with Gasteiger partial charge in [-0.3, -0.25) is 4.79 Å². The number of hydrogen-bond donors (Lipinski definition) is 0. The van der Waals surface area contributed by atoms with E-state index in [1.807, 2.05) is 6.92 Å². The van der Waals surface area contributed by atoms with Crippen LogP contribution in [-0.4, -0.2) is 16.4 Å². The molecule has 20 heavy (non-hydrogen) atoms. The van der Waals surface area contributed by atoms with Crippen LogP contribution in [0.1, 0.15) is 53.4 Å². The third-order valence-electron chi connectivity index (χ3n) is 4.66. The number of halogens is 1. The molecular formula is C17H27BrO2. The second-order valence-electron chi connectivity index (χ2n) is 6.69. The van der Waals surface area contributed by atoms with Crippen molar-refractivity contribution < 1.29 is 9.53 Å². The monoisotopic (exact) mass is 342 g/mol. The molecular weight excluding hydrogens is 316 g/mol. The minimum absolute atomic E-state index is 0.174. The normalized spacial score (nSPS) is 28.6. The zero-order valence-corrected chi connectivity index (χ0v) is 14.8. The predicted octanol–water partition coefficient (Wildman–Crippen LogP) is 5.03.